The van der Waals surface area contributed by atoms with E-state index in [0.29, 0.717) is 48.0 Å². The van der Waals surface area contributed by atoms with Crippen LogP contribution in [0.3, 0.4) is 0 Å². The van der Waals surface area contributed by atoms with Crippen molar-refractivity contribution >= 4 is 109 Å². The van der Waals surface area contributed by atoms with Crippen LogP contribution in [0.2, 0.25) is 30.1 Å². The first-order valence-corrected chi connectivity index (χ1v) is 40.5. The van der Waals surface area contributed by atoms with Crippen molar-refractivity contribution < 1.29 is 25.3 Å². The summed E-state index contributed by atoms with van der Waals surface area (Å²) in [4.78, 5) is 7.33. The van der Waals surface area contributed by atoms with E-state index in [4.69, 9.17) is 91.8 Å². The van der Waals surface area contributed by atoms with E-state index in [1.54, 1.807) is 54.6 Å². The number of hydrogen-bond acceptors (Lipinski definition) is 11. The summed E-state index contributed by atoms with van der Waals surface area (Å²) < 4.78 is 78.2. The summed E-state index contributed by atoms with van der Waals surface area (Å²) in [6.45, 7) is 6.71. The zero-order chi connectivity index (χ0) is 67.3. The number of benzene rings is 6. The molecule has 0 saturated carbocycles. The average Bonchev–Trinajstić information content (AvgIpc) is 0.800. The third-order valence-electron chi connectivity index (χ3n) is 17.8. The number of fused-ring (bicyclic) bond motifs is 3. The van der Waals surface area contributed by atoms with Crippen LogP contribution in [0.4, 0.5) is 0 Å². The van der Waals surface area contributed by atoms with Gasteiger partial charge >= 0.3 is 0 Å². The maximum absolute atomic E-state index is 13.1. The molecule has 0 aliphatic carbocycles. The van der Waals surface area contributed by atoms with Gasteiger partial charge in [0.2, 0.25) is 10.0 Å². The molecule has 6 aromatic carbocycles. The Morgan fingerprint density at radius 3 is 1.13 bits per heavy atom. The standard InChI is InChI=1S/C45H55Cl4N3O4S2.C16H14Cl3NO2S.C10H24N2/c1-51-28-40(38-24-34(46)26-44(48)42(38)30-51)32-14-18-36(19-15-32)57(53,54)23-13-11-9-7-5-3-4-6-8-10-12-22-50-58(55,56)37-20-16-33(17-21-37)41-29-52(2)31-43-39(41)25-35(47)27-45(43)49;1-20-8-14(10-3-2-4-12(5-10)23(19,21)22)13-6-11(17)7-16(18)15(13)9-20;11-9-7-5-3-1-2-4-6-8-10-12/h14-21,24-27,40-41,50H,3-13,22-23,28-31H2,1-2H3;2-7,14H,8-9H2,1H3;1-12H2. The smallest absolute Gasteiger partial charge is 0.261 e. The molecule has 6 aromatic rings. The van der Waals surface area contributed by atoms with E-state index in [0.717, 1.165) is 167 Å². The van der Waals surface area contributed by atoms with Crippen molar-refractivity contribution in [3.63, 3.8) is 0 Å². The van der Waals surface area contributed by atoms with Crippen molar-refractivity contribution in [3.05, 3.63) is 189 Å². The number of halogens is 7. The van der Waals surface area contributed by atoms with Crippen LogP contribution in [0.1, 0.15) is 190 Å². The second kappa shape index (κ2) is 37.8. The molecule has 5 N–H and O–H groups in total. The third kappa shape index (κ3) is 23.6. The fourth-order valence-electron chi connectivity index (χ4n) is 12.8. The summed E-state index contributed by atoms with van der Waals surface area (Å²) in [6, 6.07) is 32.4. The largest absolute Gasteiger partial charge is 0.330 e. The minimum atomic E-state index is -3.76. The first-order valence-electron chi connectivity index (χ1n) is 32.7. The molecule has 0 spiro atoms. The van der Waals surface area contributed by atoms with Gasteiger partial charge in [0.15, 0.2) is 9.84 Å². The predicted molar refractivity (Wildman–Crippen MR) is 389 cm³/mol. The van der Waals surface area contributed by atoms with E-state index in [-0.39, 0.29) is 33.3 Å². The number of sulfone groups is 1. The van der Waals surface area contributed by atoms with E-state index >= 15 is 0 Å². The van der Waals surface area contributed by atoms with Gasteiger partial charge in [-0.25, -0.2) is 30.0 Å². The molecule has 3 aliphatic rings. The summed E-state index contributed by atoms with van der Waals surface area (Å²) in [6.07, 6.45) is 21.7. The number of hydrogen-bond donors (Lipinski definition) is 3. The summed E-state index contributed by atoms with van der Waals surface area (Å²) in [5.74, 6) is 0.274. The highest BCUT2D eigenvalue weighted by Crippen LogP contribution is 2.42. The van der Waals surface area contributed by atoms with Gasteiger partial charge in [0, 0.05) is 104 Å². The Kier molecular flexibility index (Phi) is 31.4. The summed E-state index contributed by atoms with van der Waals surface area (Å²) in [5.41, 5.74) is 20.1. The molecule has 0 fully saturated rings. The molecule has 3 atom stereocenters. The van der Waals surface area contributed by atoms with Gasteiger partial charge in [-0.2, -0.15) is 0 Å². The Bertz CT molecular complexity index is 3550. The SMILES string of the molecule is CN1Cc2c(Cl)cc(Cl)cc2C(c2ccc(S(=O)(=O)CCCCCCCCCCCCCNS(=O)(=O)c3ccc(C4CN(C)Cc5c(Cl)cc(Cl)cc54)cc3)cc2)C1.CN1Cc2c(Cl)cc(Cl)cc2C(c2cccc(S(=O)(=O)Cl)c2)C1.NCCCCCCCCCCN. The van der Waals surface area contributed by atoms with E-state index < -0.39 is 28.9 Å². The highest BCUT2D eigenvalue weighted by Gasteiger charge is 2.31. The van der Waals surface area contributed by atoms with Gasteiger partial charge in [0.25, 0.3) is 9.05 Å². The zero-order valence-corrected chi connectivity index (χ0v) is 61.7. The van der Waals surface area contributed by atoms with Crippen molar-refractivity contribution in [1.29, 1.82) is 0 Å². The molecule has 9 rings (SSSR count). The lowest BCUT2D eigenvalue weighted by Gasteiger charge is -2.33. The van der Waals surface area contributed by atoms with Crippen LogP contribution < -0.4 is 16.2 Å². The maximum atomic E-state index is 13.1. The van der Waals surface area contributed by atoms with Crippen molar-refractivity contribution in [3.8, 4) is 0 Å². The first kappa shape index (κ1) is 77.3. The molecule has 3 unspecified atom stereocenters. The number of nitrogens with one attached hydrogen (secondary N) is 1. The molecule has 0 bridgehead atoms. The van der Waals surface area contributed by atoms with E-state index in [9.17, 15) is 25.3 Å². The maximum Gasteiger partial charge on any atom is 0.261 e. The zero-order valence-electron chi connectivity index (χ0n) is 53.9. The molecule has 22 heteroatoms. The lowest BCUT2D eigenvalue weighted by molar-refractivity contribution is 0.295. The Morgan fingerprint density at radius 2 is 0.753 bits per heavy atom. The molecule has 0 radical (unpaired) electrons. The Hall–Kier alpha value is -3.04. The normalized spacial score (nSPS) is 17.0. The first-order chi connectivity index (χ1) is 44.4. The Balaban J connectivity index is 0.000000284. The lowest BCUT2D eigenvalue weighted by atomic mass is 9.85. The van der Waals surface area contributed by atoms with Crippen LogP contribution in [0.15, 0.2) is 124 Å². The highest BCUT2D eigenvalue weighted by molar-refractivity contribution is 8.13. The second-order valence-electron chi connectivity index (χ2n) is 25.3. The molecule has 3 aliphatic heterocycles. The Morgan fingerprint density at radius 1 is 0.409 bits per heavy atom. The number of sulfonamides is 1. The van der Waals surface area contributed by atoms with Crippen LogP contribution >= 0.6 is 80.3 Å². The van der Waals surface area contributed by atoms with Crippen molar-refractivity contribution in [2.75, 3.05) is 66.2 Å². The summed E-state index contributed by atoms with van der Waals surface area (Å²) in [5, 5.41) is 3.74. The molecular weight excluding hydrogens is 1380 g/mol. The molecule has 12 nitrogen and oxygen atoms in total. The van der Waals surface area contributed by atoms with Gasteiger partial charge in [0.05, 0.1) is 20.4 Å². The third-order valence-corrected chi connectivity index (χ3v) is 24.1. The molecule has 510 valence electrons. The van der Waals surface area contributed by atoms with Gasteiger partial charge in [-0.05, 0) is 183 Å². The van der Waals surface area contributed by atoms with Crippen molar-refractivity contribution in [2.45, 2.75) is 174 Å². The van der Waals surface area contributed by atoms with Crippen LogP contribution in [0, 0.1) is 0 Å². The fourth-order valence-corrected chi connectivity index (χ4v) is 17.8. The summed E-state index contributed by atoms with van der Waals surface area (Å²) in [7, 11) is 0.887. The van der Waals surface area contributed by atoms with Crippen LogP contribution in [-0.2, 0) is 48.5 Å². The molecule has 93 heavy (non-hydrogen) atoms. The van der Waals surface area contributed by atoms with Gasteiger partial charge in [0.1, 0.15) is 0 Å². The lowest BCUT2D eigenvalue weighted by Crippen LogP contribution is -2.31. The van der Waals surface area contributed by atoms with Gasteiger partial charge < -0.3 is 26.2 Å². The molecule has 3 heterocycles. The second-order valence-corrected chi connectivity index (χ2v) is 34.2. The highest BCUT2D eigenvalue weighted by atomic mass is 35.7. The van der Waals surface area contributed by atoms with E-state index in [2.05, 4.69) is 33.5 Å². The van der Waals surface area contributed by atoms with Crippen LogP contribution in [0.5, 0.6) is 0 Å². The molecular formula is C71H93Cl7N6O6S3. The van der Waals surface area contributed by atoms with Crippen LogP contribution in [-0.4, -0.2) is 106 Å². The average molecular weight is 1470 g/mol. The number of nitrogens with zero attached hydrogens (tertiary/aromatic N) is 3. The molecule has 0 aromatic heterocycles. The monoisotopic (exact) mass is 1470 g/mol. The predicted octanol–water partition coefficient (Wildman–Crippen LogP) is 18.0. The van der Waals surface area contributed by atoms with Crippen molar-refractivity contribution in [2.24, 2.45) is 11.5 Å². The fraction of sp³-hybridized carbons (Fsp3) is 0.493. The summed E-state index contributed by atoms with van der Waals surface area (Å²) >= 11 is 38.2. The van der Waals surface area contributed by atoms with E-state index in [1.165, 1.54) is 57.4 Å². The van der Waals surface area contributed by atoms with Crippen LogP contribution in [0.25, 0.3) is 0 Å². The molecule has 0 saturated heterocycles. The topological polar surface area (TPSA) is 176 Å². The van der Waals surface area contributed by atoms with Gasteiger partial charge in [-0.3, -0.25) is 0 Å². The molecule has 0 amide bonds. The minimum Gasteiger partial charge on any atom is -0.330 e. The quantitative estimate of drug-likeness (QED) is 0.0289. The van der Waals surface area contributed by atoms with Gasteiger partial charge in [-0.1, -0.05) is 202 Å². The van der Waals surface area contributed by atoms with Gasteiger partial charge in [-0.15, -0.1) is 0 Å². The number of likely N-dealkylation sites (N-methyl/N-ethyl adjacent to an activating group) is 3. The number of nitrogens with two attached hydrogens (primary N) is 2. The number of rotatable bonds is 30. The van der Waals surface area contributed by atoms with Crippen molar-refractivity contribution in [1.82, 2.24) is 19.4 Å². The van der Waals surface area contributed by atoms with E-state index in [1.807, 2.05) is 55.6 Å². The minimum absolute atomic E-state index is 0.0154. The Labute approximate surface area is 590 Å². The number of unbranched alkanes of at least 4 members (excludes halogenated alkanes) is 17.